The number of aryl methyl sites for hydroxylation is 1. The van der Waals surface area contributed by atoms with Gasteiger partial charge in [0.15, 0.2) is 0 Å². The van der Waals surface area contributed by atoms with Crippen molar-refractivity contribution < 1.29 is 9.18 Å². The summed E-state index contributed by atoms with van der Waals surface area (Å²) in [6.45, 7) is 5.42. The van der Waals surface area contributed by atoms with Crippen molar-refractivity contribution >= 4 is 5.91 Å². The number of carbonyl (C=O) groups excluding carboxylic acids is 1. The molecule has 0 atom stereocenters. The molecular weight excluding hydrogens is 245 g/mol. The summed E-state index contributed by atoms with van der Waals surface area (Å²) in [5.41, 5.74) is 1.13. The molecule has 98 valence electrons. The van der Waals surface area contributed by atoms with Crippen molar-refractivity contribution in [2.24, 2.45) is 0 Å². The number of carbonyl (C=O) groups is 1. The van der Waals surface area contributed by atoms with Gasteiger partial charge in [-0.1, -0.05) is 12.6 Å². The normalized spacial score (nSPS) is 10.2. The zero-order chi connectivity index (χ0) is 13.8. The Morgan fingerprint density at radius 1 is 1.58 bits per heavy atom. The van der Waals surface area contributed by atoms with E-state index < -0.39 is 0 Å². The monoisotopic (exact) mass is 259 g/mol. The van der Waals surface area contributed by atoms with Crippen molar-refractivity contribution in [2.45, 2.75) is 13.5 Å². The molecule has 0 fully saturated rings. The van der Waals surface area contributed by atoms with Gasteiger partial charge in [-0.3, -0.25) is 4.79 Å². The van der Waals surface area contributed by atoms with E-state index in [4.69, 9.17) is 0 Å². The molecule has 0 radical (unpaired) electrons. The van der Waals surface area contributed by atoms with E-state index in [-0.39, 0.29) is 18.3 Å². The lowest BCUT2D eigenvalue weighted by Gasteiger charge is -2.09. The summed E-state index contributed by atoms with van der Waals surface area (Å²) in [7, 11) is 0. The maximum absolute atomic E-state index is 14.0. The molecule has 4 nitrogen and oxygen atoms in total. The molecule has 0 saturated heterocycles. The molecule has 0 unspecified atom stereocenters. The van der Waals surface area contributed by atoms with Crippen LogP contribution in [-0.4, -0.2) is 15.5 Å². The topological polar surface area (TPSA) is 46.9 Å². The molecule has 2 aromatic rings. The van der Waals surface area contributed by atoms with Crippen LogP contribution in [0.15, 0.2) is 43.2 Å². The Morgan fingerprint density at radius 3 is 2.95 bits per heavy atom. The van der Waals surface area contributed by atoms with Crippen LogP contribution < -0.4 is 5.32 Å². The van der Waals surface area contributed by atoms with E-state index in [1.807, 2.05) is 0 Å². The Bertz CT molecular complexity index is 619. The largest absolute Gasteiger partial charge is 0.348 e. The Morgan fingerprint density at radius 2 is 2.37 bits per heavy atom. The first-order chi connectivity index (χ1) is 9.11. The van der Waals surface area contributed by atoms with E-state index in [0.29, 0.717) is 17.1 Å². The molecule has 1 heterocycles. The van der Waals surface area contributed by atoms with Crippen LogP contribution in [0.25, 0.3) is 5.69 Å². The van der Waals surface area contributed by atoms with Crippen molar-refractivity contribution in [3.63, 3.8) is 0 Å². The summed E-state index contributed by atoms with van der Waals surface area (Å²) in [6.07, 6.45) is 4.50. The molecule has 0 spiro atoms. The van der Waals surface area contributed by atoms with Gasteiger partial charge < -0.3 is 9.88 Å². The highest BCUT2D eigenvalue weighted by atomic mass is 19.1. The number of hydrogen-bond acceptors (Lipinski definition) is 2. The van der Waals surface area contributed by atoms with Crippen molar-refractivity contribution in [2.75, 3.05) is 0 Å². The standard InChI is InChI=1S/C14H14FN3O/c1-3-14(19)17-9-11-4-5-13(12(15)8-11)18-7-6-16-10(18)2/h3-8H,1,9H2,2H3,(H,17,19). The Hall–Kier alpha value is -2.43. The first-order valence-electron chi connectivity index (χ1n) is 5.81. The Kier molecular flexibility index (Phi) is 3.75. The fourth-order valence-corrected chi connectivity index (χ4v) is 1.75. The highest BCUT2D eigenvalue weighted by molar-refractivity contribution is 5.86. The van der Waals surface area contributed by atoms with Crippen LogP contribution in [0.3, 0.4) is 0 Å². The zero-order valence-electron chi connectivity index (χ0n) is 10.6. The van der Waals surface area contributed by atoms with E-state index in [1.54, 1.807) is 36.0 Å². The average molecular weight is 259 g/mol. The molecule has 5 heteroatoms. The number of benzene rings is 1. The number of imidazole rings is 1. The van der Waals surface area contributed by atoms with E-state index in [1.165, 1.54) is 12.1 Å². The molecule has 19 heavy (non-hydrogen) atoms. The van der Waals surface area contributed by atoms with Gasteiger partial charge in [-0.15, -0.1) is 0 Å². The van der Waals surface area contributed by atoms with E-state index >= 15 is 0 Å². The summed E-state index contributed by atoms with van der Waals surface area (Å²) in [5, 5.41) is 2.60. The number of amides is 1. The lowest BCUT2D eigenvalue weighted by molar-refractivity contribution is -0.116. The van der Waals surface area contributed by atoms with E-state index in [0.717, 1.165) is 0 Å². The summed E-state index contributed by atoms with van der Waals surface area (Å²) < 4.78 is 15.7. The highest BCUT2D eigenvalue weighted by Crippen LogP contribution is 2.16. The van der Waals surface area contributed by atoms with Crippen LogP contribution in [0.1, 0.15) is 11.4 Å². The van der Waals surface area contributed by atoms with Crippen LogP contribution in [0.2, 0.25) is 0 Å². The third kappa shape index (κ3) is 2.88. The molecule has 1 aromatic heterocycles. The first kappa shape index (κ1) is 13.0. The second-order valence-electron chi connectivity index (χ2n) is 4.05. The maximum Gasteiger partial charge on any atom is 0.243 e. The molecule has 0 aliphatic rings. The molecule has 1 N–H and O–H groups in total. The van der Waals surface area contributed by atoms with Crippen LogP contribution in [0, 0.1) is 12.7 Å². The molecule has 2 rings (SSSR count). The molecule has 0 aliphatic heterocycles. The van der Waals surface area contributed by atoms with Gasteiger partial charge in [0.2, 0.25) is 5.91 Å². The minimum atomic E-state index is -0.355. The third-order valence-electron chi connectivity index (χ3n) is 2.75. The minimum Gasteiger partial charge on any atom is -0.348 e. The summed E-state index contributed by atoms with van der Waals surface area (Å²) >= 11 is 0. The quantitative estimate of drug-likeness (QED) is 0.855. The number of hydrogen-bond donors (Lipinski definition) is 1. The predicted molar refractivity (Wildman–Crippen MR) is 70.3 cm³/mol. The zero-order valence-corrected chi connectivity index (χ0v) is 10.6. The highest BCUT2D eigenvalue weighted by Gasteiger charge is 2.08. The third-order valence-corrected chi connectivity index (χ3v) is 2.75. The van der Waals surface area contributed by atoms with Gasteiger partial charge in [-0.2, -0.15) is 0 Å². The number of aromatic nitrogens is 2. The lowest BCUT2D eigenvalue weighted by Crippen LogP contribution is -2.20. The number of nitrogens with one attached hydrogen (secondary N) is 1. The van der Waals surface area contributed by atoms with Gasteiger partial charge in [0.25, 0.3) is 0 Å². The second-order valence-corrected chi connectivity index (χ2v) is 4.05. The molecule has 1 amide bonds. The van der Waals surface area contributed by atoms with Gasteiger partial charge >= 0.3 is 0 Å². The maximum atomic E-state index is 14.0. The molecule has 0 aliphatic carbocycles. The van der Waals surface area contributed by atoms with Crippen molar-refractivity contribution in [1.29, 1.82) is 0 Å². The average Bonchev–Trinajstić information content (AvgIpc) is 2.82. The Balaban J connectivity index is 2.20. The van der Waals surface area contributed by atoms with Crippen molar-refractivity contribution in [3.05, 3.63) is 60.5 Å². The minimum absolute atomic E-state index is 0.269. The van der Waals surface area contributed by atoms with Gasteiger partial charge in [0.05, 0.1) is 5.69 Å². The van der Waals surface area contributed by atoms with E-state index in [2.05, 4.69) is 16.9 Å². The summed E-state index contributed by atoms with van der Waals surface area (Å²) in [5.74, 6) is 0.0769. The first-order valence-corrected chi connectivity index (χ1v) is 5.81. The van der Waals surface area contributed by atoms with Gasteiger partial charge in [-0.05, 0) is 30.7 Å². The fourth-order valence-electron chi connectivity index (χ4n) is 1.75. The molecule has 0 saturated carbocycles. The summed E-state index contributed by atoms with van der Waals surface area (Å²) in [4.78, 5) is 15.1. The Labute approximate surface area is 110 Å². The molecule has 0 bridgehead atoms. The molecular formula is C14H14FN3O. The smallest absolute Gasteiger partial charge is 0.243 e. The van der Waals surface area contributed by atoms with E-state index in [9.17, 15) is 9.18 Å². The van der Waals surface area contributed by atoms with Gasteiger partial charge in [0, 0.05) is 18.9 Å². The lowest BCUT2D eigenvalue weighted by atomic mass is 10.2. The van der Waals surface area contributed by atoms with Crippen LogP contribution in [0.4, 0.5) is 4.39 Å². The van der Waals surface area contributed by atoms with Gasteiger partial charge in [0.1, 0.15) is 11.6 Å². The van der Waals surface area contributed by atoms with Crippen LogP contribution >= 0.6 is 0 Å². The SMILES string of the molecule is C=CC(=O)NCc1ccc(-n2ccnc2C)c(F)c1. The number of halogens is 1. The van der Waals surface area contributed by atoms with Gasteiger partial charge in [-0.25, -0.2) is 9.37 Å². The van der Waals surface area contributed by atoms with Crippen molar-refractivity contribution in [1.82, 2.24) is 14.9 Å². The predicted octanol–water partition coefficient (Wildman–Crippen LogP) is 2.12. The number of nitrogens with zero attached hydrogens (tertiary/aromatic N) is 2. The summed E-state index contributed by atoms with van der Waals surface area (Å²) in [6, 6.07) is 4.83. The fraction of sp³-hybridized carbons (Fsp3) is 0.143. The van der Waals surface area contributed by atoms with Crippen LogP contribution in [-0.2, 0) is 11.3 Å². The van der Waals surface area contributed by atoms with Crippen LogP contribution in [0.5, 0.6) is 0 Å². The second kappa shape index (κ2) is 5.48. The number of rotatable bonds is 4. The molecule has 1 aromatic carbocycles. The van der Waals surface area contributed by atoms with Crippen molar-refractivity contribution in [3.8, 4) is 5.69 Å².